The van der Waals surface area contributed by atoms with Gasteiger partial charge in [-0.25, -0.2) is 0 Å². The summed E-state index contributed by atoms with van der Waals surface area (Å²) >= 11 is 0. The van der Waals surface area contributed by atoms with Gasteiger partial charge in [0, 0.05) is 26.4 Å². The van der Waals surface area contributed by atoms with E-state index in [2.05, 4.69) is 49.5 Å². The Balaban J connectivity index is 1.84. The molecule has 2 amide bonds. The van der Waals surface area contributed by atoms with E-state index in [-0.39, 0.29) is 11.8 Å². The topological polar surface area (TPSA) is 49.4 Å². The summed E-state index contributed by atoms with van der Waals surface area (Å²) in [7, 11) is 1.63. The molecule has 3 aromatic carbocycles. The Bertz CT molecular complexity index is 1070. The van der Waals surface area contributed by atoms with Crippen LogP contribution in [0.1, 0.15) is 54.0 Å². The summed E-state index contributed by atoms with van der Waals surface area (Å²) in [6, 6.07) is 25.9. The maximum Gasteiger partial charge on any atom is 0.242 e. The number of hydrogen-bond acceptors (Lipinski definition) is 2. The highest BCUT2D eigenvalue weighted by atomic mass is 16.2. The average Bonchev–Trinajstić information content (AvgIpc) is 2.85. The molecule has 1 unspecified atom stereocenters. The van der Waals surface area contributed by atoms with E-state index in [1.54, 1.807) is 11.9 Å². The smallest absolute Gasteiger partial charge is 0.242 e. The van der Waals surface area contributed by atoms with Crippen LogP contribution in [0, 0.1) is 6.92 Å². The molecule has 0 fully saturated rings. The Labute approximate surface area is 204 Å². The summed E-state index contributed by atoms with van der Waals surface area (Å²) in [6.45, 7) is 6.79. The molecule has 0 bridgehead atoms. The summed E-state index contributed by atoms with van der Waals surface area (Å²) in [6.07, 6.45) is 1.48. The number of aryl methyl sites for hydroxylation is 2. The molecule has 4 heteroatoms. The maximum absolute atomic E-state index is 13.6. The van der Waals surface area contributed by atoms with Gasteiger partial charge in [0.15, 0.2) is 0 Å². The molecule has 1 atom stereocenters. The average molecular weight is 457 g/mol. The molecule has 0 aromatic heterocycles. The summed E-state index contributed by atoms with van der Waals surface area (Å²) in [4.78, 5) is 28.3. The lowest BCUT2D eigenvalue weighted by molar-refractivity contribution is -0.141. The number of likely N-dealkylation sites (N-methyl/N-ethyl adjacent to an activating group) is 1. The quantitative estimate of drug-likeness (QED) is 0.442. The van der Waals surface area contributed by atoms with Crippen LogP contribution >= 0.6 is 0 Å². The lowest BCUT2D eigenvalue weighted by Gasteiger charge is -2.31. The van der Waals surface area contributed by atoms with Gasteiger partial charge in [-0.2, -0.15) is 0 Å². The molecule has 0 aliphatic carbocycles. The molecular formula is C30H36N2O2. The van der Waals surface area contributed by atoms with E-state index < -0.39 is 6.04 Å². The van der Waals surface area contributed by atoms with Crippen LogP contribution in [0.2, 0.25) is 0 Å². The highest BCUT2D eigenvalue weighted by Gasteiger charge is 2.29. The number of benzene rings is 3. The maximum atomic E-state index is 13.6. The molecule has 0 radical (unpaired) electrons. The SMILES string of the molecule is CNC(=O)C(Cc1ccccc1)N(Cc1cccc(C)c1)C(=O)CCc1ccc(C(C)C)cc1. The lowest BCUT2D eigenvalue weighted by atomic mass is 9.99. The van der Waals surface area contributed by atoms with Crippen LogP contribution < -0.4 is 5.32 Å². The first-order valence-electron chi connectivity index (χ1n) is 12.1. The normalized spacial score (nSPS) is 11.8. The molecule has 3 aromatic rings. The van der Waals surface area contributed by atoms with Gasteiger partial charge in [-0.1, -0.05) is 98.3 Å². The number of rotatable bonds is 10. The third kappa shape index (κ3) is 7.05. The Hall–Kier alpha value is -3.40. The Morgan fingerprint density at radius 1 is 0.853 bits per heavy atom. The number of carbonyl (C=O) groups excluding carboxylic acids is 2. The molecule has 1 N–H and O–H groups in total. The molecular weight excluding hydrogens is 420 g/mol. The number of carbonyl (C=O) groups is 2. The molecule has 178 valence electrons. The second-order valence-electron chi connectivity index (χ2n) is 9.23. The number of nitrogens with one attached hydrogen (secondary N) is 1. The van der Waals surface area contributed by atoms with Crippen molar-refractivity contribution in [3.63, 3.8) is 0 Å². The molecule has 34 heavy (non-hydrogen) atoms. The van der Waals surface area contributed by atoms with Crippen LogP contribution in [0.25, 0.3) is 0 Å². The third-order valence-electron chi connectivity index (χ3n) is 6.23. The van der Waals surface area contributed by atoms with Gasteiger partial charge in [-0.15, -0.1) is 0 Å². The summed E-state index contributed by atoms with van der Waals surface area (Å²) in [5.74, 6) is 0.317. The van der Waals surface area contributed by atoms with Crippen molar-refractivity contribution in [1.82, 2.24) is 10.2 Å². The van der Waals surface area contributed by atoms with Crippen molar-refractivity contribution in [2.45, 2.75) is 58.5 Å². The Morgan fingerprint density at radius 3 is 2.15 bits per heavy atom. The van der Waals surface area contributed by atoms with Crippen LogP contribution in [-0.4, -0.2) is 29.8 Å². The van der Waals surface area contributed by atoms with E-state index in [1.807, 2.05) is 55.5 Å². The predicted molar refractivity (Wildman–Crippen MR) is 139 cm³/mol. The first-order valence-corrected chi connectivity index (χ1v) is 12.1. The summed E-state index contributed by atoms with van der Waals surface area (Å²) in [5.41, 5.74) is 5.61. The lowest BCUT2D eigenvalue weighted by Crippen LogP contribution is -2.49. The van der Waals surface area contributed by atoms with Gasteiger partial charge in [0.2, 0.25) is 11.8 Å². The highest BCUT2D eigenvalue weighted by Crippen LogP contribution is 2.19. The first-order chi connectivity index (χ1) is 16.4. The van der Waals surface area contributed by atoms with E-state index in [0.29, 0.717) is 31.7 Å². The van der Waals surface area contributed by atoms with Crippen LogP contribution in [0.4, 0.5) is 0 Å². The second-order valence-corrected chi connectivity index (χ2v) is 9.23. The fraction of sp³-hybridized carbons (Fsp3) is 0.333. The van der Waals surface area contributed by atoms with E-state index in [1.165, 1.54) is 5.56 Å². The van der Waals surface area contributed by atoms with Crippen molar-refractivity contribution in [3.05, 3.63) is 107 Å². The number of nitrogens with zero attached hydrogens (tertiary/aromatic N) is 1. The van der Waals surface area contributed by atoms with Crippen LogP contribution in [-0.2, 0) is 29.0 Å². The second kappa shape index (κ2) is 12.2. The Kier molecular flexibility index (Phi) is 9.03. The summed E-state index contributed by atoms with van der Waals surface area (Å²) < 4.78 is 0. The van der Waals surface area contributed by atoms with Crippen molar-refractivity contribution in [1.29, 1.82) is 0 Å². The van der Waals surface area contributed by atoms with Gasteiger partial charge in [-0.05, 0) is 41.5 Å². The van der Waals surface area contributed by atoms with E-state index in [4.69, 9.17) is 0 Å². The van der Waals surface area contributed by atoms with Gasteiger partial charge < -0.3 is 10.2 Å². The first kappa shape index (κ1) is 25.2. The van der Waals surface area contributed by atoms with Gasteiger partial charge in [0.25, 0.3) is 0 Å². The molecule has 0 saturated heterocycles. The van der Waals surface area contributed by atoms with Crippen molar-refractivity contribution in [2.24, 2.45) is 0 Å². The van der Waals surface area contributed by atoms with Crippen LogP contribution in [0.3, 0.4) is 0 Å². The van der Waals surface area contributed by atoms with Crippen molar-refractivity contribution in [3.8, 4) is 0 Å². The third-order valence-corrected chi connectivity index (χ3v) is 6.23. The van der Waals surface area contributed by atoms with E-state index in [0.717, 1.165) is 22.3 Å². The monoisotopic (exact) mass is 456 g/mol. The number of hydrogen-bond donors (Lipinski definition) is 1. The standard InChI is InChI=1S/C30H36N2O2/c1-22(2)27-16-13-24(14-17-27)15-18-29(33)32(21-26-12-8-9-23(3)19-26)28(30(34)31-4)20-25-10-6-5-7-11-25/h5-14,16-17,19,22,28H,15,18,20-21H2,1-4H3,(H,31,34). The van der Waals surface area contributed by atoms with Gasteiger partial charge >= 0.3 is 0 Å². The van der Waals surface area contributed by atoms with Crippen LogP contribution in [0.5, 0.6) is 0 Å². The fourth-order valence-electron chi connectivity index (χ4n) is 4.19. The van der Waals surface area contributed by atoms with Gasteiger partial charge in [-0.3, -0.25) is 9.59 Å². The largest absolute Gasteiger partial charge is 0.357 e. The molecule has 0 spiro atoms. The minimum Gasteiger partial charge on any atom is -0.357 e. The van der Waals surface area contributed by atoms with Crippen molar-refractivity contribution < 1.29 is 9.59 Å². The molecule has 0 aliphatic heterocycles. The molecule has 3 rings (SSSR count). The number of amides is 2. The minimum absolute atomic E-state index is 0.0148. The predicted octanol–water partition coefficient (Wildman–Crippen LogP) is 5.44. The zero-order valence-corrected chi connectivity index (χ0v) is 20.8. The molecule has 4 nitrogen and oxygen atoms in total. The Morgan fingerprint density at radius 2 is 1.53 bits per heavy atom. The molecule has 0 saturated carbocycles. The summed E-state index contributed by atoms with van der Waals surface area (Å²) in [5, 5.41) is 2.78. The van der Waals surface area contributed by atoms with Gasteiger partial charge in [0.1, 0.15) is 6.04 Å². The van der Waals surface area contributed by atoms with Crippen molar-refractivity contribution in [2.75, 3.05) is 7.05 Å². The molecule has 0 aliphatic rings. The highest BCUT2D eigenvalue weighted by molar-refractivity contribution is 5.88. The van der Waals surface area contributed by atoms with E-state index >= 15 is 0 Å². The molecule has 0 heterocycles. The zero-order chi connectivity index (χ0) is 24.5. The van der Waals surface area contributed by atoms with Gasteiger partial charge in [0.05, 0.1) is 0 Å². The van der Waals surface area contributed by atoms with Crippen molar-refractivity contribution >= 4 is 11.8 Å². The van der Waals surface area contributed by atoms with E-state index in [9.17, 15) is 9.59 Å². The fourth-order valence-corrected chi connectivity index (χ4v) is 4.19. The zero-order valence-electron chi connectivity index (χ0n) is 20.8. The minimum atomic E-state index is -0.580. The van der Waals surface area contributed by atoms with Crippen LogP contribution in [0.15, 0.2) is 78.9 Å².